The monoisotopic (exact) mass is 328 g/mol. The number of halogens is 1. The van der Waals surface area contributed by atoms with Crippen LogP contribution >= 0.6 is 11.6 Å². The van der Waals surface area contributed by atoms with Gasteiger partial charge in [-0.3, -0.25) is 9.59 Å². The van der Waals surface area contributed by atoms with Gasteiger partial charge in [0.25, 0.3) is 5.91 Å². The number of carbonyl (C=O) groups excluding carboxylic acids is 2. The summed E-state index contributed by atoms with van der Waals surface area (Å²) in [6.07, 6.45) is 0.138. The van der Waals surface area contributed by atoms with Crippen molar-refractivity contribution in [1.29, 1.82) is 0 Å². The summed E-state index contributed by atoms with van der Waals surface area (Å²) in [5, 5.41) is 3.69. The summed E-state index contributed by atoms with van der Waals surface area (Å²) in [5.74, 6) is -0.474. The van der Waals surface area contributed by atoms with Crippen molar-refractivity contribution in [2.45, 2.75) is 26.3 Å². The standard InChI is InChI=1S/C18H17ClN2O2/c1-11-6-7-12(2)15(8-11)20-16-10-17(22)21(18(16)23)14-5-3-4-13(19)9-14/h3-9,16,20H,10H2,1-2H3/t16-/m1/s1. The molecule has 5 heteroatoms. The lowest BCUT2D eigenvalue weighted by atomic mass is 10.1. The van der Waals surface area contributed by atoms with E-state index >= 15 is 0 Å². The first-order valence-electron chi connectivity index (χ1n) is 7.42. The topological polar surface area (TPSA) is 49.4 Å². The molecule has 0 aliphatic carbocycles. The van der Waals surface area contributed by atoms with Crippen molar-refractivity contribution >= 4 is 34.8 Å². The molecule has 0 aromatic heterocycles. The number of amides is 2. The van der Waals surface area contributed by atoms with Gasteiger partial charge in [0.2, 0.25) is 5.91 Å². The molecular formula is C18H17ClN2O2. The first-order valence-corrected chi connectivity index (χ1v) is 7.79. The predicted octanol–water partition coefficient (Wildman–Crippen LogP) is 3.70. The maximum atomic E-state index is 12.6. The summed E-state index contributed by atoms with van der Waals surface area (Å²) in [7, 11) is 0. The Morgan fingerprint density at radius 2 is 1.91 bits per heavy atom. The molecule has 4 nitrogen and oxygen atoms in total. The molecule has 118 valence electrons. The summed E-state index contributed by atoms with van der Waals surface area (Å²) in [6.45, 7) is 3.96. The molecule has 23 heavy (non-hydrogen) atoms. The van der Waals surface area contributed by atoms with Crippen LogP contribution in [-0.2, 0) is 9.59 Å². The number of imide groups is 1. The van der Waals surface area contributed by atoms with Crippen LogP contribution in [-0.4, -0.2) is 17.9 Å². The number of nitrogens with one attached hydrogen (secondary N) is 1. The van der Waals surface area contributed by atoms with Gasteiger partial charge in [0.15, 0.2) is 0 Å². The molecule has 1 aliphatic heterocycles. The zero-order chi connectivity index (χ0) is 16.6. The molecule has 2 aromatic carbocycles. The minimum Gasteiger partial charge on any atom is -0.373 e. The largest absolute Gasteiger partial charge is 0.373 e. The Morgan fingerprint density at radius 3 is 2.65 bits per heavy atom. The normalized spacial score (nSPS) is 17.7. The van der Waals surface area contributed by atoms with Crippen molar-refractivity contribution in [3.8, 4) is 0 Å². The van der Waals surface area contributed by atoms with Gasteiger partial charge < -0.3 is 5.32 Å². The minimum absolute atomic E-state index is 0.138. The van der Waals surface area contributed by atoms with E-state index in [1.54, 1.807) is 24.3 Å². The van der Waals surface area contributed by atoms with Gasteiger partial charge in [-0.1, -0.05) is 29.8 Å². The molecule has 0 saturated carbocycles. The van der Waals surface area contributed by atoms with Crippen LogP contribution in [0.2, 0.25) is 5.02 Å². The van der Waals surface area contributed by atoms with Crippen LogP contribution in [0, 0.1) is 13.8 Å². The number of aryl methyl sites for hydroxylation is 2. The molecule has 1 heterocycles. The molecule has 1 atom stereocenters. The van der Waals surface area contributed by atoms with Gasteiger partial charge in [0, 0.05) is 10.7 Å². The highest BCUT2D eigenvalue weighted by atomic mass is 35.5. The Kier molecular flexibility index (Phi) is 4.09. The van der Waals surface area contributed by atoms with Gasteiger partial charge in [-0.15, -0.1) is 0 Å². The van der Waals surface area contributed by atoms with Crippen LogP contribution in [0.4, 0.5) is 11.4 Å². The van der Waals surface area contributed by atoms with Gasteiger partial charge >= 0.3 is 0 Å². The third-order valence-corrected chi connectivity index (χ3v) is 4.17. The van der Waals surface area contributed by atoms with Crippen LogP contribution in [0.15, 0.2) is 42.5 Å². The first kappa shape index (κ1) is 15.6. The Balaban J connectivity index is 1.85. The lowest BCUT2D eigenvalue weighted by Gasteiger charge is -2.17. The van der Waals surface area contributed by atoms with Crippen molar-refractivity contribution in [2.75, 3.05) is 10.2 Å². The fraction of sp³-hybridized carbons (Fsp3) is 0.222. The fourth-order valence-corrected chi connectivity index (χ4v) is 2.89. The van der Waals surface area contributed by atoms with Crippen molar-refractivity contribution in [1.82, 2.24) is 0 Å². The molecule has 1 fully saturated rings. The van der Waals surface area contributed by atoms with Crippen LogP contribution < -0.4 is 10.2 Å². The number of carbonyl (C=O) groups is 2. The summed E-state index contributed by atoms with van der Waals surface area (Å²) in [4.78, 5) is 26.1. The summed E-state index contributed by atoms with van der Waals surface area (Å²) < 4.78 is 0. The fourth-order valence-electron chi connectivity index (χ4n) is 2.71. The number of rotatable bonds is 3. The molecule has 1 N–H and O–H groups in total. The van der Waals surface area contributed by atoms with Crippen LogP contribution in [0.1, 0.15) is 17.5 Å². The lowest BCUT2D eigenvalue weighted by Crippen LogP contribution is -2.34. The zero-order valence-corrected chi connectivity index (χ0v) is 13.7. The number of nitrogens with zero attached hydrogens (tertiary/aromatic N) is 1. The highest BCUT2D eigenvalue weighted by Gasteiger charge is 2.39. The number of anilines is 2. The van der Waals surface area contributed by atoms with Gasteiger partial charge in [-0.05, 0) is 49.2 Å². The smallest absolute Gasteiger partial charge is 0.256 e. The van der Waals surface area contributed by atoms with Gasteiger partial charge in [-0.2, -0.15) is 0 Å². The predicted molar refractivity (Wildman–Crippen MR) is 91.9 cm³/mol. The average molecular weight is 329 g/mol. The van der Waals surface area contributed by atoms with Crippen LogP contribution in [0.3, 0.4) is 0 Å². The van der Waals surface area contributed by atoms with Crippen LogP contribution in [0.25, 0.3) is 0 Å². The second-order valence-corrected chi connectivity index (χ2v) is 6.20. The molecule has 0 unspecified atom stereocenters. The maximum Gasteiger partial charge on any atom is 0.256 e. The zero-order valence-electron chi connectivity index (χ0n) is 13.0. The lowest BCUT2D eigenvalue weighted by molar-refractivity contribution is -0.121. The Morgan fingerprint density at radius 1 is 1.13 bits per heavy atom. The third-order valence-electron chi connectivity index (χ3n) is 3.94. The Hall–Kier alpha value is -2.33. The highest BCUT2D eigenvalue weighted by Crippen LogP contribution is 2.28. The number of hydrogen-bond acceptors (Lipinski definition) is 3. The van der Waals surface area contributed by atoms with E-state index < -0.39 is 6.04 Å². The SMILES string of the molecule is Cc1ccc(C)c(N[C@@H]2CC(=O)N(c3cccc(Cl)c3)C2=O)c1. The van der Waals surface area contributed by atoms with Gasteiger partial charge in [0.05, 0.1) is 12.1 Å². The molecule has 0 radical (unpaired) electrons. The minimum atomic E-state index is -0.554. The van der Waals surface area contributed by atoms with E-state index in [1.165, 1.54) is 4.90 Å². The maximum absolute atomic E-state index is 12.6. The van der Waals surface area contributed by atoms with Crippen LogP contribution in [0.5, 0.6) is 0 Å². The van der Waals surface area contributed by atoms with E-state index in [2.05, 4.69) is 5.32 Å². The van der Waals surface area contributed by atoms with E-state index in [0.717, 1.165) is 16.8 Å². The van der Waals surface area contributed by atoms with Crippen molar-refractivity contribution in [2.24, 2.45) is 0 Å². The highest BCUT2D eigenvalue weighted by molar-refractivity contribution is 6.31. The molecule has 2 amide bonds. The molecule has 1 aliphatic rings. The van der Waals surface area contributed by atoms with Crippen molar-refractivity contribution < 1.29 is 9.59 Å². The number of hydrogen-bond donors (Lipinski definition) is 1. The molecule has 2 aromatic rings. The second kappa shape index (κ2) is 6.05. The van der Waals surface area contributed by atoms with E-state index in [1.807, 2.05) is 32.0 Å². The third kappa shape index (κ3) is 3.08. The number of benzene rings is 2. The molecule has 0 bridgehead atoms. The Labute approximate surface area is 140 Å². The van der Waals surface area contributed by atoms with E-state index in [9.17, 15) is 9.59 Å². The first-order chi connectivity index (χ1) is 11.0. The van der Waals surface area contributed by atoms with E-state index in [4.69, 9.17) is 11.6 Å². The second-order valence-electron chi connectivity index (χ2n) is 5.77. The van der Waals surface area contributed by atoms with Crippen molar-refractivity contribution in [3.63, 3.8) is 0 Å². The molecular weight excluding hydrogens is 312 g/mol. The Bertz CT molecular complexity index is 788. The van der Waals surface area contributed by atoms with E-state index in [0.29, 0.717) is 10.7 Å². The van der Waals surface area contributed by atoms with Gasteiger partial charge in [0.1, 0.15) is 6.04 Å². The summed E-state index contributed by atoms with van der Waals surface area (Å²) in [5.41, 5.74) is 3.53. The molecule has 3 rings (SSSR count). The molecule has 1 saturated heterocycles. The summed E-state index contributed by atoms with van der Waals surface area (Å²) in [6, 6.07) is 12.2. The van der Waals surface area contributed by atoms with E-state index in [-0.39, 0.29) is 18.2 Å². The van der Waals surface area contributed by atoms with Crippen molar-refractivity contribution in [3.05, 3.63) is 58.6 Å². The summed E-state index contributed by atoms with van der Waals surface area (Å²) >= 11 is 5.96. The average Bonchev–Trinajstić information content (AvgIpc) is 2.77. The quantitative estimate of drug-likeness (QED) is 0.874. The van der Waals surface area contributed by atoms with Gasteiger partial charge in [-0.25, -0.2) is 4.90 Å². The molecule has 0 spiro atoms.